The zero-order valence-electron chi connectivity index (χ0n) is 11.0. The highest BCUT2D eigenvalue weighted by Crippen LogP contribution is 2.22. The van der Waals surface area contributed by atoms with Gasteiger partial charge in [-0.1, -0.05) is 6.07 Å². The first-order valence-electron chi connectivity index (χ1n) is 6.13. The first kappa shape index (κ1) is 14.2. The van der Waals surface area contributed by atoms with Crippen LogP contribution < -0.4 is 5.32 Å². The Morgan fingerprint density at radius 2 is 2.11 bits per heavy atom. The Balaban J connectivity index is 2.24. The van der Waals surface area contributed by atoms with E-state index < -0.39 is 0 Å². The van der Waals surface area contributed by atoms with Crippen LogP contribution in [0.1, 0.15) is 22.7 Å². The van der Waals surface area contributed by atoms with Gasteiger partial charge in [0.2, 0.25) is 0 Å². The molecule has 0 aliphatic heterocycles. The summed E-state index contributed by atoms with van der Waals surface area (Å²) in [4.78, 5) is 4.18. The molecule has 2 rings (SSSR count). The number of halogens is 2. The van der Waals surface area contributed by atoms with Crippen molar-refractivity contribution >= 4 is 15.9 Å². The van der Waals surface area contributed by atoms with E-state index in [0.717, 1.165) is 27.6 Å². The number of hydrogen-bond donors (Lipinski definition) is 1. The van der Waals surface area contributed by atoms with Gasteiger partial charge in [0.15, 0.2) is 0 Å². The van der Waals surface area contributed by atoms with Gasteiger partial charge in [0.1, 0.15) is 5.82 Å². The van der Waals surface area contributed by atoms with Gasteiger partial charge < -0.3 is 5.32 Å². The maximum Gasteiger partial charge on any atom is 0.123 e. The third kappa shape index (κ3) is 3.61. The number of aryl methyl sites for hydroxylation is 1. The van der Waals surface area contributed by atoms with Crippen molar-refractivity contribution in [2.24, 2.45) is 0 Å². The molecule has 0 fully saturated rings. The van der Waals surface area contributed by atoms with E-state index in [2.05, 4.69) is 26.2 Å². The Bertz CT molecular complexity index is 572. The number of aromatic nitrogens is 1. The third-order valence-electron chi connectivity index (χ3n) is 3.21. The van der Waals surface area contributed by atoms with Crippen molar-refractivity contribution in [1.29, 1.82) is 0 Å². The summed E-state index contributed by atoms with van der Waals surface area (Å²) in [5.74, 6) is -0.189. The van der Waals surface area contributed by atoms with E-state index in [9.17, 15) is 4.39 Å². The van der Waals surface area contributed by atoms with Gasteiger partial charge in [0, 0.05) is 22.9 Å². The first-order valence-corrected chi connectivity index (χ1v) is 6.92. The van der Waals surface area contributed by atoms with Gasteiger partial charge in [-0.2, -0.15) is 0 Å². The largest absolute Gasteiger partial charge is 0.313 e. The van der Waals surface area contributed by atoms with Crippen LogP contribution in [0.15, 0.2) is 41.1 Å². The molecule has 19 heavy (non-hydrogen) atoms. The predicted molar refractivity (Wildman–Crippen MR) is 78.6 cm³/mol. The van der Waals surface area contributed by atoms with Crippen molar-refractivity contribution in [3.8, 4) is 0 Å². The second-order valence-electron chi connectivity index (χ2n) is 4.55. The maximum atomic E-state index is 13.1. The number of nitrogens with zero attached hydrogens (tertiary/aromatic N) is 1. The molecule has 0 bridgehead atoms. The Morgan fingerprint density at radius 1 is 1.32 bits per heavy atom. The van der Waals surface area contributed by atoms with Crippen LogP contribution in [0.2, 0.25) is 0 Å². The van der Waals surface area contributed by atoms with Gasteiger partial charge in [-0.05, 0) is 71.2 Å². The molecule has 1 N–H and O–H groups in total. The summed E-state index contributed by atoms with van der Waals surface area (Å²) in [5.41, 5.74) is 3.23. The molecule has 0 aliphatic rings. The molecule has 1 aromatic heterocycles. The van der Waals surface area contributed by atoms with E-state index in [4.69, 9.17) is 0 Å². The van der Waals surface area contributed by atoms with Crippen LogP contribution in [0.5, 0.6) is 0 Å². The topological polar surface area (TPSA) is 24.9 Å². The molecule has 1 unspecified atom stereocenters. The van der Waals surface area contributed by atoms with Crippen molar-refractivity contribution in [2.75, 3.05) is 7.05 Å². The zero-order valence-corrected chi connectivity index (χ0v) is 12.5. The molecular formula is C15H16BrFN2. The standard InChI is InChI=1S/C15H16BrFN2/c1-10-5-14(17)4-3-11(10)7-15(18-2)12-6-13(16)9-19-8-12/h3-6,8-9,15,18H,7H2,1-2H3. The molecule has 0 aliphatic carbocycles. The number of benzene rings is 1. The Morgan fingerprint density at radius 3 is 2.74 bits per heavy atom. The van der Waals surface area contributed by atoms with E-state index in [0.29, 0.717) is 0 Å². The lowest BCUT2D eigenvalue weighted by atomic mass is 9.97. The summed E-state index contributed by atoms with van der Waals surface area (Å²) in [5, 5.41) is 3.28. The van der Waals surface area contributed by atoms with E-state index in [1.807, 2.05) is 32.3 Å². The number of rotatable bonds is 4. The maximum absolute atomic E-state index is 13.1. The van der Waals surface area contributed by atoms with Gasteiger partial charge >= 0.3 is 0 Å². The number of pyridine rings is 1. The third-order valence-corrected chi connectivity index (χ3v) is 3.64. The smallest absolute Gasteiger partial charge is 0.123 e. The minimum atomic E-state index is -0.189. The zero-order chi connectivity index (χ0) is 13.8. The summed E-state index contributed by atoms with van der Waals surface area (Å²) in [6.07, 6.45) is 4.42. The van der Waals surface area contributed by atoms with E-state index in [1.54, 1.807) is 12.3 Å². The minimum absolute atomic E-state index is 0.161. The van der Waals surface area contributed by atoms with Gasteiger partial charge in [-0.25, -0.2) is 4.39 Å². The van der Waals surface area contributed by atoms with Crippen LogP contribution in [0.3, 0.4) is 0 Å². The molecule has 4 heteroatoms. The molecule has 100 valence electrons. The molecule has 2 nitrogen and oxygen atoms in total. The summed E-state index contributed by atoms with van der Waals surface area (Å²) >= 11 is 3.43. The summed E-state index contributed by atoms with van der Waals surface area (Å²) in [6, 6.07) is 7.14. The normalized spacial score (nSPS) is 12.4. The second kappa shape index (κ2) is 6.26. The van der Waals surface area contributed by atoms with Gasteiger partial charge in [0.25, 0.3) is 0 Å². The monoisotopic (exact) mass is 322 g/mol. The molecule has 0 amide bonds. The van der Waals surface area contributed by atoms with Crippen molar-refractivity contribution in [3.05, 3.63) is 63.6 Å². The molecule has 0 saturated heterocycles. The Kier molecular flexibility index (Phi) is 4.66. The van der Waals surface area contributed by atoms with Crippen LogP contribution in [0.4, 0.5) is 4.39 Å². The molecule has 0 saturated carbocycles. The highest BCUT2D eigenvalue weighted by atomic mass is 79.9. The van der Waals surface area contributed by atoms with E-state index >= 15 is 0 Å². The predicted octanol–water partition coefficient (Wildman–Crippen LogP) is 3.79. The second-order valence-corrected chi connectivity index (χ2v) is 5.47. The van der Waals surface area contributed by atoms with Gasteiger partial charge in [-0.3, -0.25) is 4.98 Å². The molecule has 1 aromatic carbocycles. The fraction of sp³-hybridized carbons (Fsp3) is 0.267. The molecule has 2 aromatic rings. The molecule has 1 heterocycles. The number of likely N-dealkylation sites (N-methyl/N-ethyl adjacent to an activating group) is 1. The molecule has 0 spiro atoms. The lowest BCUT2D eigenvalue weighted by Crippen LogP contribution is -2.19. The van der Waals surface area contributed by atoms with Crippen LogP contribution in [-0.2, 0) is 6.42 Å². The van der Waals surface area contributed by atoms with Crippen molar-refractivity contribution in [2.45, 2.75) is 19.4 Å². The fourth-order valence-electron chi connectivity index (χ4n) is 2.11. The average Bonchev–Trinajstić information content (AvgIpc) is 2.38. The van der Waals surface area contributed by atoms with Crippen LogP contribution >= 0.6 is 15.9 Å². The highest BCUT2D eigenvalue weighted by molar-refractivity contribution is 9.10. The SMILES string of the molecule is CNC(Cc1ccc(F)cc1C)c1cncc(Br)c1. The molecule has 1 atom stereocenters. The highest BCUT2D eigenvalue weighted by Gasteiger charge is 2.12. The lowest BCUT2D eigenvalue weighted by molar-refractivity contribution is 0.584. The average molecular weight is 323 g/mol. The van der Waals surface area contributed by atoms with E-state index in [1.165, 1.54) is 6.07 Å². The lowest BCUT2D eigenvalue weighted by Gasteiger charge is -2.18. The van der Waals surface area contributed by atoms with Crippen molar-refractivity contribution < 1.29 is 4.39 Å². The number of hydrogen-bond acceptors (Lipinski definition) is 2. The van der Waals surface area contributed by atoms with Crippen LogP contribution in [0.25, 0.3) is 0 Å². The van der Waals surface area contributed by atoms with Gasteiger partial charge in [-0.15, -0.1) is 0 Å². The van der Waals surface area contributed by atoms with E-state index in [-0.39, 0.29) is 11.9 Å². The fourth-order valence-corrected chi connectivity index (χ4v) is 2.50. The summed E-state index contributed by atoms with van der Waals surface area (Å²) < 4.78 is 14.1. The quantitative estimate of drug-likeness (QED) is 0.926. The minimum Gasteiger partial charge on any atom is -0.313 e. The number of nitrogens with one attached hydrogen (secondary N) is 1. The van der Waals surface area contributed by atoms with Gasteiger partial charge in [0.05, 0.1) is 0 Å². The van der Waals surface area contributed by atoms with Crippen molar-refractivity contribution in [1.82, 2.24) is 10.3 Å². The summed E-state index contributed by atoms with van der Waals surface area (Å²) in [7, 11) is 1.92. The molecular weight excluding hydrogens is 307 g/mol. The summed E-state index contributed by atoms with van der Waals surface area (Å²) in [6.45, 7) is 1.93. The Labute approximate surface area is 121 Å². The molecule has 0 radical (unpaired) electrons. The van der Waals surface area contributed by atoms with Crippen molar-refractivity contribution in [3.63, 3.8) is 0 Å². The van der Waals surface area contributed by atoms with Crippen LogP contribution in [-0.4, -0.2) is 12.0 Å². The Hall–Kier alpha value is -1.26. The van der Waals surface area contributed by atoms with Crippen LogP contribution in [0, 0.1) is 12.7 Å². The first-order chi connectivity index (χ1) is 9.10.